The van der Waals surface area contributed by atoms with E-state index in [4.69, 9.17) is 4.42 Å². The number of thiophene rings is 1. The molecule has 0 aliphatic rings. The van der Waals surface area contributed by atoms with E-state index in [0.717, 1.165) is 11.3 Å². The predicted octanol–water partition coefficient (Wildman–Crippen LogP) is 2.77. The predicted molar refractivity (Wildman–Crippen MR) is 81.5 cm³/mol. The summed E-state index contributed by atoms with van der Waals surface area (Å²) in [7, 11) is 3.92. The van der Waals surface area contributed by atoms with E-state index in [1.807, 2.05) is 54.0 Å². The second kappa shape index (κ2) is 7.07. The Labute approximate surface area is 122 Å². The van der Waals surface area contributed by atoms with Gasteiger partial charge in [-0.25, -0.2) is 0 Å². The van der Waals surface area contributed by atoms with Crippen molar-refractivity contribution in [2.75, 3.05) is 20.6 Å². The highest BCUT2D eigenvalue weighted by molar-refractivity contribution is 7.08. The molecule has 4 nitrogen and oxygen atoms in total. The maximum atomic E-state index is 11.8. The third-order valence-electron chi connectivity index (χ3n) is 2.93. The van der Waals surface area contributed by atoms with Crippen molar-refractivity contribution in [3.05, 3.63) is 52.6 Å². The lowest BCUT2D eigenvalue weighted by molar-refractivity contribution is -0.116. The summed E-state index contributed by atoms with van der Waals surface area (Å²) in [6.07, 6.45) is 5.00. The van der Waals surface area contributed by atoms with Crippen LogP contribution in [0.15, 0.2) is 45.7 Å². The molecule has 0 saturated heterocycles. The van der Waals surface area contributed by atoms with E-state index in [9.17, 15) is 4.79 Å². The maximum absolute atomic E-state index is 11.8. The number of nitrogens with one attached hydrogen (secondary N) is 1. The Morgan fingerprint density at radius 2 is 2.35 bits per heavy atom. The van der Waals surface area contributed by atoms with Crippen LogP contribution in [-0.2, 0) is 4.79 Å². The van der Waals surface area contributed by atoms with E-state index in [2.05, 4.69) is 5.32 Å². The first-order chi connectivity index (χ1) is 9.66. The highest BCUT2D eigenvalue weighted by atomic mass is 32.1. The Bertz CT molecular complexity index is 544. The standard InChI is InChI=1S/C15H18N2O2S/c1-17(2)13(14-4-3-8-19-14)10-16-15(18)6-5-12-7-9-20-11-12/h3-9,11,13H,10H2,1-2H3,(H,16,18)/b6-5+. The number of amides is 1. The van der Waals surface area contributed by atoms with E-state index in [-0.39, 0.29) is 11.9 Å². The van der Waals surface area contributed by atoms with Gasteiger partial charge in [-0.2, -0.15) is 11.3 Å². The highest BCUT2D eigenvalue weighted by Gasteiger charge is 2.17. The van der Waals surface area contributed by atoms with Crippen molar-refractivity contribution in [2.24, 2.45) is 0 Å². The molecule has 0 radical (unpaired) electrons. The molecule has 2 rings (SSSR count). The van der Waals surface area contributed by atoms with Crippen LogP contribution in [0.1, 0.15) is 17.4 Å². The van der Waals surface area contributed by atoms with Crippen LogP contribution < -0.4 is 5.32 Å². The molecule has 1 N–H and O–H groups in total. The van der Waals surface area contributed by atoms with E-state index in [1.165, 1.54) is 0 Å². The number of furan rings is 1. The number of nitrogens with zero attached hydrogens (tertiary/aromatic N) is 1. The molecule has 2 aromatic rings. The summed E-state index contributed by atoms with van der Waals surface area (Å²) in [6.45, 7) is 0.507. The average Bonchev–Trinajstić information content (AvgIpc) is 3.09. The van der Waals surface area contributed by atoms with Gasteiger partial charge in [0.1, 0.15) is 5.76 Å². The van der Waals surface area contributed by atoms with Crippen molar-refractivity contribution >= 4 is 23.3 Å². The molecule has 0 spiro atoms. The Morgan fingerprint density at radius 3 is 2.95 bits per heavy atom. The van der Waals surface area contributed by atoms with Gasteiger partial charge in [-0.15, -0.1) is 0 Å². The zero-order valence-electron chi connectivity index (χ0n) is 11.6. The minimum Gasteiger partial charge on any atom is -0.468 e. The minimum atomic E-state index is -0.102. The maximum Gasteiger partial charge on any atom is 0.244 e. The lowest BCUT2D eigenvalue weighted by Gasteiger charge is -2.22. The summed E-state index contributed by atoms with van der Waals surface area (Å²) in [5, 5.41) is 6.87. The van der Waals surface area contributed by atoms with Crippen molar-refractivity contribution in [3.8, 4) is 0 Å². The largest absolute Gasteiger partial charge is 0.468 e. The lowest BCUT2D eigenvalue weighted by atomic mass is 10.2. The van der Waals surface area contributed by atoms with Crippen LogP contribution >= 0.6 is 11.3 Å². The Hall–Kier alpha value is -1.85. The molecule has 5 heteroatoms. The normalized spacial score (nSPS) is 12.9. The molecule has 1 atom stereocenters. The molecule has 2 aromatic heterocycles. The van der Waals surface area contributed by atoms with Crippen LogP contribution in [0.3, 0.4) is 0 Å². The fourth-order valence-electron chi connectivity index (χ4n) is 1.82. The molecule has 0 aliphatic carbocycles. The average molecular weight is 290 g/mol. The van der Waals surface area contributed by atoms with Gasteiger partial charge in [-0.05, 0) is 54.7 Å². The number of hydrogen-bond donors (Lipinski definition) is 1. The van der Waals surface area contributed by atoms with Crippen LogP contribution in [0.25, 0.3) is 6.08 Å². The molecular weight excluding hydrogens is 272 g/mol. The number of likely N-dealkylation sites (N-methyl/N-ethyl adjacent to an activating group) is 1. The van der Waals surface area contributed by atoms with Crippen LogP contribution in [0.5, 0.6) is 0 Å². The fourth-order valence-corrected chi connectivity index (χ4v) is 2.44. The Kier molecular flexibility index (Phi) is 5.15. The molecule has 106 valence electrons. The van der Waals surface area contributed by atoms with Crippen molar-refractivity contribution in [3.63, 3.8) is 0 Å². The van der Waals surface area contributed by atoms with Crippen molar-refractivity contribution in [1.82, 2.24) is 10.2 Å². The van der Waals surface area contributed by atoms with Gasteiger partial charge in [0.15, 0.2) is 0 Å². The number of carbonyl (C=O) groups excluding carboxylic acids is 1. The Balaban J connectivity index is 1.88. The van der Waals surface area contributed by atoms with Gasteiger partial charge in [0.05, 0.1) is 12.3 Å². The molecule has 1 amide bonds. The third kappa shape index (κ3) is 4.08. The monoisotopic (exact) mass is 290 g/mol. The molecular formula is C15H18N2O2S. The van der Waals surface area contributed by atoms with Gasteiger partial charge in [-0.3, -0.25) is 9.69 Å². The summed E-state index contributed by atoms with van der Waals surface area (Å²) < 4.78 is 5.40. The number of hydrogen-bond acceptors (Lipinski definition) is 4. The first-order valence-electron chi connectivity index (χ1n) is 6.35. The van der Waals surface area contributed by atoms with Gasteiger partial charge >= 0.3 is 0 Å². The zero-order chi connectivity index (χ0) is 14.4. The zero-order valence-corrected chi connectivity index (χ0v) is 12.4. The SMILES string of the molecule is CN(C)C(CNC(=O)/C=C/c1ccsc1)c1ccco1. The first kappa shape index (κ1) is 14.6. The van der Waals surface area contributed by atoms with Crippen LogP contribution in [0.4, 0.5) is 0 Å². The van der Waals surface area contributed by atoms with Crippen LogP contribution in [-0.4, -0.2) is 31.4 Å². The molecule has 0 bridgehead atoms. The van der Waals surface area contributed by atoms with Gasteiger partial charge in [-0.1, -0.05) is 0 Å². The second-order valence-corrected chi connectivity index (χ2v) is 5.41. The van der Waals surface area contributed by atoms with Crippen molar-refractivity contribution < 1.29 is 9.21 Å². The van der Waals surface area contributed by atoms with Gasteiger partial charge in [0, 0.05) is 12.6 Å². The smallest absolute Gasteiger partial charge is 0.244 e. The summed E-state index contributed by atoms with van der Waals surface area (Å²) >= 11 is 1.61. The van der Waals surface area contributed by atoms with Crippen LogP contribution in [0, 0.1) is 0 Å². The number of rotatable bonds is 6. The summed E-state index contributed by atoms with van der Waals surface area (Å²) in [5.41, 5.74) is 1.04. The second-order valence-electron chi connectivity index (χ2n) is 4.63. The van der Waals surface area contributed by atoms with E-state index >= 15 is 0 Å². The quantitative estimate of drug-likeness (QED) is 0.832. The molecule has 0 aromatic carbocycles. The van der Waals surface area contributed by atoms with Gasteiger partial charge in [0.2, 0.25) is 5.91 Å². The highest BCUT2D eigenvalue weighted by Crippen LogP contribution is 2.17. The number of carbonyl (C=O) groups is 1. The topological polar surface area (TPSA) is 45.5 Å². The third-order valence-corrected chi connectivity index (χ3v) is 3.64. The molecule has 20 heavy (non-hydrogen) atoms. The summed E-state index contributed by atoms with van der Waals surface area (Å²) in [4.78, 5) is 13.8. The van der Waals surface area contributed by atoms with E-state index < -0.39 is 0 Å². The summed E-state index contributed by atoms with van der Waals surface area (Å²) in [6, 6.07) is 5.77. The minimum absolute atomic E-state index is 0.0310. The summed E-state index contributed by atoms with van der Waals surface area (Å²) in [5.74, 6) is 0.742. The van der Waals surface area contributed by atoms with Crippen molar-refractivity contribution in [2.45, 2.75) is 6.04 Å². The van der Waals surface area contributed by atoms with Crippen molar-refractivity contribution in [1.29, 1.82) is 0 Å². The van der Waals surface area contributed by atoms with Gasteiger partial charge < -0.3 is 9.73 Å². The lowest BCUT2D eigenvalue weighted by Crippen LogP contribution is -2.33. The Morgan fingerprint density at radius 1 is 1.50 bits per heavy atom. The fraction of sp³-hybridized carbons (Fsp3) is 0.267. The van der Waals surface area contributed by atoms with Crippen LogP contribution in [0.2, 0.25) is 0 Å². The van der Waals surface area contributed by atoms with Gasteiger partial charge in [0.25, 0.3) is 0 Å². The molecule has 2 heterocycles. The first-order valence-corrected chi connectivity index (χ1v) is 7.29. The molecule has 0 saturated carbocycles. The molecule has 0 aliphatic heterocycles. The molecule has 0 fully saturated rings. The molecule has 1 unspecified atom stereocenters. The van der Waals surface area contributed by atoms with E-state index in [1.54, 1.807) is 23.7 Å². The van der Waals surface area contributed by atoms with E-state index in [0.29, 0.717) is 6.54 Å².